The van der Waals surface area contributed by atoms with Crippen LogP contribution in [-0.4, -0.2) is 293 Å². The van der Waals surface area contributed by atoms with Gasteiger partial charge in [0, 0.05) is 119 Å². The largest absolute Gasteiger partial charge is 0.463 e. The number of carbonyl (C=O) groups is 14. The average Bonchev–Trinajstić information content (AvgIpc) is 0.810. The fourth-order valence-corrected chi connectivity index (χ4v) is 11.3. The van der Waals surface area contributed by atoms with Crippen molar-refractivity contribution in [3.05, 3.63) is 0 Å². The van der Waals surface area contributed by atoms with E-state index in [0.29, 0.717) is 0 Å². The summed E-state index contributed by atoms with van der Waals surface area (Å²) in [5.41, 5.74) is 0. The number of aliphatic hydroxyl groups is 1. The van der Waals surface area contributed by atoms with Crippen LogP contribution in [0, 0.1) is 17.8 Å². The number of carbonyl (C=O) groups excluding carboxylic acids is 14. The van der Waals surface area contributed by atoms with Crippen LogP contribution in [0.25, 0.3) is 0 Å². The van der Waals surface area contributed by atoms with Gasteiger partial charge in [0.2, 0.25) is 47.3 Å². The van der Waals surface area contributed by atoms with Gasteiger partial charge in [-0.2, -0.15) is 0 Å². The van der Waals surface area contributed by atoms with Crippen molar-refractivity contribution < 1.29 is 148 Å². The first-order valence-corrected chi connectivity index (χ1v) is 34.7. The lowest BCUT2D eigenvalue weighted by Gasteiger charge is -2.44. The minimum absolute atomic E-state index is 0.0181. The number of ether oxygens (including phenoxy) is 16. The lowest BCUT2D eigenvalue weighted by Crippen LogP contribution is -2.62. The molecule has 39 heteroatoms. The first-order chi connectivity index (χ1) is 49.8. The third-order valence-electron chi connectivity index (χ3n) is 16.1. The number of aliphatic hydroxyl groups excluding tert-OH is 1. The maximum absolute atomic E-state index is 13.9. The maximum Gasteiger partial charge on any atom is 0.303 e. The Kier molecular flexibility index (Phi) is 43.4. The SMILES string of the molecule is CC(=O)NC1C(OCCOCCNC(=O)CC[C@H](NC(=O)CC[C@H](NC(=O)CCOCCO)C(=O)NCCOCCOC2OC(COC(C)=O)C(OC(C)=O)C(C)C2NC(C)=O)C(=O)NCCOCCOC2OC(COC(C)=O)C(OC(C)=O)C(C)C2NC(C)=O)OC(COC(C)=O)C(OC(C)=O)C1C. The second-order valence-corrected chi connectivity index (χ2v) is 24.8. The Balaban J connectivity index is 1.69. The van der Waals surface area contributed by atoms with Gasteiger partial charge >= 0.3 is 35.8 Å². The standard InChI is InChI=1S/C66H108N8O31/c1-36-56(70-39(4)76)64(103-50(33-97-42(7)79)59(36)100-45(10)82)94-30-27-91-23-18-67-53(85)15-13-48(62(88)68-19-24-92-28-31-95-65-57(71-40(5)77)37(2)60(101-46(11)83)51(104-65)34-98-43(8)80)73-54(86)16-14-49(74-55(87)17-22-90-26-21-75)63(89)69-20-25-93-29-32-96-66-58(72-41(6)78)38(3)61(102-47(12)84)52(105-66)35-99-44(9)81/h36-38,48-52,56-61,64-66,75H,13-35H2,1-12H3,(H,67,85)(H,68,88)(H,69,89)(H,70,76)(H,71,77)(H,72,78)(H,73,86)(H,74,87)/t36?,37?,38?,48-,49-,50?,51?,52?,56?,57?,58?,59?,60?,61?,64?,65?,66?/m0/s1. The number of rotatable bonds is 48. The van der Waals surface area contributed by atoms with Crippen LogP contribution in [0.4, 0.5) is 0 Å². The normalized spacial score (nSPS) is 24.7. The molecule has 0 aromatic heterocycles. The van der Waals surface area contributed by atoms with E-state index in [2.05, 4.69) is 42.5 Å². The lowest BCUT2D eigenvalue weighted by atomic mass is 9.88. The molecule has 0 bridgehead atoms. The molecule has 0 saturated carbocycles. The summed E-state index contributed by atoms with van der Waals surface area (Å²) in [6.07, 6.45) is -10.4. The Morgan fingerprint density at radius 3 is 0.971 bits per heavy atom. The van der Waals surface area contributed by atoms with Gasteiger partial charge in [-0.1, -0.05) is 20.8 Å². The molecule has 3 aliphatic rings. The first kappa shape index (κ1) is 91.3. The van der Waals surface area contributed by atoms with E-state index in [9.17, 15) is 67.1 Å². The van der Waals surface area contributed by atoms with Gasteiger partial charge in [0.05, 0.1) is 97.4 Å². The summed E-state index contributed by atoms with van der Waals surface area (Å²) in [5, 5.41) is 30.6. The molecule has 0 aromatic carbocycles. The first-order valence-electron chi connectivity index (χ1n) is 34.7. The predicted molar refractivity (Wildman–Crippen MR) is 357 cm³/mol. The van der Waals surface area contributed by atoms with E-state index >= 15 is 0 Å². The zero-order valence-electron chi connectivity index (χ0n) is 61.8. The van der Waals surface area contributed by atoms with Crippen LogP contribution in [0.1, 0.15) is 115 Å². The molecule has 8 amide bonds. The molecule has 3 fully saturated rings. The summed E-state index contributed by atoms with van der Waals surface area (Å²) in [6, 6.07) is -5.11. The molecule has 3 aliphatic heterocycles. The number of esters is 6. The van der Waals surface area contributed by atoms with Crippen LogP contribution in [0.3, 0.4) is 0 Å². The van der Waals surface area contributed by atoms with Crippen LogP contribution in [0.15, 0.2) is 0 Å². The third kappa shape index (κ3) is 36.3. The summed E-state index contributed by atoms with van der Waals surface area (Å²) >= 11 is 0. The molecular weight excluding hydrogens is 1400 g/mol. The Morgan fingerprint density at radius 2 is 0.667 bits per heavy atom. The van der Waals surface area contributed by atoms with Crippen molar-refractivity contribution >= 4 is 83.1 Å². The van der Waals surface area contributed by atoms with Crippen molar-refractivity contribution in [1.29, 1.82) is 0 Å². The number of amides is 8. The average molecular weight is 1510 g/mol. The van der Waals surface area contributed by atoms with E-state index in [1.807, 2.05) is 0 Å². The van der Waals surface area contributed by atoms with Gasteiger partial charge in [-0.15, -0.1) is 0 Å². The summed E-state index contributed by atoms with van der Waals surface area (Å²) < 4.78 is 90.2. The molecule has 0 aromatic rings. The van der Waals surface area contributed by atoms with Gasteiger partial charge in [0.25, 0.3) is 0 Å². The van der Waals surface area contributed by atoms with Gasteiger partial charge in [0.1, 0.15) is 68.5 Å². The molecule has 598 valence electrons. The quantitative estimate of drug-likeness (QED) is 0.0162. The van der Waals surface area contributed by atoms with Crippen LogP contribution >= 0.6 is 0 Å². The molecule has 9 N–H and O–H groups in total. The third-order valence-corrected chi connectivity index (χ3v) is 16.1. The smallest absolute Gasteiger partial charge is 0.303 e. The van der Waals surface area contributed by atoms with E-state index in [-0.39, 0.29) is 144 Å². The topological polar surface area (TPSA) is 503 Å². The Hall–Kier alpha value is -7.86. The van der Waals surface area contributed by atoms with E-state index in [1.54, 1.807) is 20.8 Å². The maximum atomic E-state index is 13.9. The summed E-state index contributed by atoms with van der Waals surface area (Å²) in [7, 11) is 0. The van der Waals surface area contributed by atoms with Crippen molar-refractivity contribution in [1.82, 2.24) is 42.5 Å². The van der Waals surface area contributed by atoms with Crippen LogP contribution < -0.4 is 42.5 Å². The highest BCUT2D eigenvalue weighted by molar-refractivity contribution is 5.90. The van der Waals surface area contributed by atoms with E-state index < -0.39 is 193 Å². The van der Waals surface area contributed by atoms with Crippen molar-refractivity contribution in [2.75, 3.05) is 119 Å². The fraction of sp³-hybridized carbons (Fsp3) is 0.788. The van der Waals surface area contributed by atoms with Gasteiger partial charge in [-0.05, 0) is 12.8 Å². The van der Waals surface area contributed by atoms with Gasteiger partial charge in [-0.3, -0.25) is 67.1 Å². The number of nitrogens with one attached hydrogen (secondary N) is 8. The van der Waals surface area contributed by atoms with E-state index in [0.717, 1.165) is 0 Å². The Labute approximate surface area is 609 Å². The summed E-state index contributed by atoms with van der Waals surface area (Å²) in [6.45, 7) is 13.9. The van der Waals surface area contributed by atoms with Crippen molar-refractivity contribution in [3.63, 3.8) is 0 Å². The van der Waals surface area contributed by atoms with Crippen LogP contribution in [-0.2, 0) is 143 Å². The Bertz CT molecular complexity index is 2800. The molecular formula is C66H108N8O31. The summed E-state index contributed by atoms with van der Waals surface area (Å²) in [5.74, 6) is -10.1. The van der Waals surface area contributed by atoms with Crippen LogP contribution in [0.2, 0.25) is 0 Å². The van der Waals surface area contributed by atoms with Gasteiger partial charge in [-0.25, -0.2) is 0 Å². The molecule has 0 radical (unpaired) electrons. The van der Waals surface area contributed by atoms with Gasteiger partial charge < -0.3 is 123 Å². The minimum Gasteiger partial charge on any atom is -0.463 e. The molecule has 105 heavy (non-hydrogen) atoms. The zero-order valence-corrected chi connectivity index (χ0v) is 61.8. The van der Waals surface area contributed by atoms with Crippen molar-refractivity contribution in [3.8, 4) is 0 Å². The highest BCUT2D eigenvalue weighted by Gasteiger charge is 2.50. The van der Waals surface area contributed by atoms with E-state index in [1.165, 1.54) is 62.3 Å². The fourth-order valence-electron chi connectivity index (χ4n) is 11.3. The molecule has 39 nitrogen and oxygen atoms in total. The highest BCUT2D eigenvalue weighted by Crippen LogP contribution is 2.33. The molecule has 17 atom stereocenters. The Morgan fingerprint density at radius 1 is 0.362 bits per heavy atom. The second kappa shape index (κ2) is 49.8. The molecule has 0 aliphatic carbocycles. The minimum atomic E-state index is -1.35. The summed E-state index contributed by atoms with van der Waals surface area (Å²) in [4.78, 5) is 175. The highest BCUT2D eigenvalue weighted by atomic mass is 16.7. The number of hydrogen-bond donors (Lipinski definition) is 9. The van der Waals surface area contributed by atoms with Crippen molar-refractivity contribution in [2.24, 2.45) is 17.8 Å². The molecule has 3 rings (SSSR count). The second-order valence-electron chi connectivity index (χ2n) is 24.8. The molecule has 0 spiro atoms. The lowest BCUT2D eigenvalue weighted by molar-refractivity contribution is -0.264. The molecule has 3 heterocycles. The van der Waals surface area contributed by atoms with E-state index in [4.69, 9.17) is 80.9 Å². The zero-order chi connectivity index (χ0) is 78.1. The van der Waals surface area contributed by atoms with Crippen molar-refractivity contribution in [2.45, 2.75) is 201 Å². The number of hydrogen-bond acceptors (Lipinski definition) is 31. The predicted octanol–water partition coefficient (Wildman–Crippen LogP) is -3.55. The molecule has 15 unspecified atom stereocenters. The monoisotopic (exact) mass is 1510 g/mol. The van der Waals surface area contributed by atoms with Crippen LogP contribution in [0.5, 0.6) is 0 Å². The van der Waals surface area contributed by atoms with Gasteiger partial charge in [0.15, 0.2) is 18.9 Å². The molecule has 3 saturated heterocycles.